The zero-order valence-corrected chi connectivity index (χ0v) is 12.2. The molecular formula is C17H26N2O. The van der Waals surface area contributed by atoms with Gasteiger partial charge in [-0.25, -0.2) is 0 Å². The molecule has 0 bridgehead atoms. The third-order valence-corrected chi connectivity index (χ3v) is 4.12. The van der Waals surface area contributed by atoms with Gasteiger partial charge < -0.3 is 11.1 Å². The van der Waals surface area contributed by atoms with E-state index in [1.165, 1.54) is 32.1 Å². The van der Waals surface area contributed by atoms with Crippen molar-refractivity contribution in [2.24, 2.45) is 5.73 Å². The van der Waals surface area contributed by atoms with E-state index in [-0.39, 0.29) is 5.91 Å². The molecule has 3 N–H and O–H groups in total. The molecule has 110 valence electrons. The summed E-state index contributed by atoms with van der Waals surface area (Å²) >= 11 is 0. The smallest absolute Gasteiger partial charge is 0.251 e. The normalized spacial score (nSPS) is 17.2. The summed E-state index contributed by atoms with van der Waals surface area (Å²) in [5, 5.41) is 3.22. The number of benzene rings is 1. The lowest BCUT2D eigenvalue weighted by molar-refractivity contribution is 0.0929. The Bertz CT molecular complexity index is 423. The van der Waals surface area contributed by atoms with Crippen LogP contribution in [0.4, 0.5) is 0 Å². The number of rotatable bonds is 4. The Kier molecular flexibility index (Phi) is 6.06. The molecule has 1 aromatic rings. The van der Waals surface area contributed by atoms with Crippen LogP contribution in [0.15, 0.2) is 24.3 Å². The maximum absolute atomic E-state index is 12.5. The molecule has 0 atom stereocenters. The highest BCUT2D eigenvalue weighted by Crippen LogP contribution is 2.18. The lowest BCUT2D eigenvalue weighted by atomic mass is 9.96. The lowest BCUT2D eigenvalue weighted by Crippen LogP contribution is -2.35. The highest BCUT2D eigenvalue weighted by Gasteiger charge is 2.16. The predicted molar refractivity (Wildman–Crippen MR) is 82.8 cm³/mol. The van der Waals surface area contributed by atoms with Gasteiger partial charge in [-0.2, -0.15) is 0 Å². The average Bonchev–Trinajstić information content (AvgIpc) is 2.42. The first-order valence-corrected chi connectivity index (χ1v) is 7.90. The second-order valence-electron chi connectivity index (χ2n) is 5.71. The maximum atomic E-state index is 12.5. The monoisotopic (exact) mass is 274 g/mol. The Labute approximate surface area is 121 Å². The van der Waals surface area contributed by atoms with Crippen molar-refractivity contribution >= 4 is 5.91 Å². The fourth-order valence-corrected chi connectivity index (χ4v) is 2.98. The number of carbonyl (C=O) groups excluding carboxylic acids is 1. The summed E-state index contributed by atoms with van der Waals surface area (Å²) in [6.07, 6.45) is 9.40. The quantitative estimate of drug-likeness (QED) is 0.886. The number of nitrogens with one attached hydrogen (secondary N) is 1. The Morgan fingerprint density at radius 3 is 2.45 bits per heavy atom. The fourth-order valence-electron chi connectivity index (χ4n) is 2.98. The predicted octanol–water partition coefficient (Wildman–Crippen LogP) is 3.03. The van der Waals surface area contributed by atoms with Crippen LogP contribution in [0.3, 0.4) is 0 Å². The van der Waals surface area contributed by atoms with Gasteiger partial charge in [0, 0.05) is 11.6 Å². The van der Waals surface area contributed by atoms with E-state index in [9.17, 15) is 4.79 Å². The molecule has 1 aliphatic carbocycles. The van der Waals surface area contributed by atoms with E-state index in [4.69, 9.17) is 5.73 Å². The van der Waals surface area contributed by atoms with E-state index in [1.807, 2.05) is 24.3 Å². The summed E-state index contributed by atoms with van der Waals surface area (Å²) in [6.45, 7) is 0.577. The molecule has 1 aliphatic rings. The minimum absolute atomic E-state index is 0.0691. The van der Waals surface area contributed by atoms with Gasteiger partial charge in [0.25, 0.3) is 5.91 Å². The van der Waals surface area contributed by atoms with Crippen molar-refractivity contribution in [2.75, 3.05) is 6.54 Å². The Morgan fingerprint density at radius 1 is 1.10 bits per heavy atom. The van der Waals surface area contributed by atoms with Crippen LogP contribution in [0.2, 0.25) is 0 Å². The van der Waals surface area contributed by atoms with E-state index in [0.717, 1.165) is 30.4 Å². The molecule has 20 heavy (non-hydrogen) atoms. The number of hydrogen-bond donors (Lipinski definition) is 2. The molecule has 1 fully saturated rings. The van der Waals surface area contributed by atoms with Gasteiger partial charge in [0.05, 0.1) is 0 Å². The Morgan fingerprint density at radius 2 is 1.75 bits per heavy atom. The molecule has 3 nitrogen and oxygen atoms in total. The minimum Gasteiger partial charge on any atom is -0.349 e. The standard InChI is InChI=1S/C17H26N2O/c18-13-12-14-8-6-7-11-16(14)17(20)19-15-9-4-2-1-3-5-10-15/h6-8,11,15H,1-5,9-10,12-13,18H2,(H,19,20). The van der Waals surface area contributed by atoms with Crippen LogP contribution in [0.1, 0.15) is 60.9 Å². The topological polar surface area (TPSA) is 55.1 Å². The number of carbonyl (C=O) groups is 1. The van der Waals surface area contributed by atoms with E-state index in [2.05, 4.69) is 5.32 Å². The van der Waals surface area contributed by atoms with Crippen molar-refractivity contribution < 1.29 is 4.79 Å². The molecule has 0 spiro atoms. The van der Waals surface area contributed by atoms with Crippen LogP contribution in [0.5, 0.6) is 0 Å². The van der Waals surface area contributed by atoms with Gasteiger partial charge in [-0.15, -0.1) is 0 Å². The van der Waals surface area contributed by atoms with Gasteiger partial charge in [-0.1, -0.05) is 50.3 Å². The average molecular weight is 274 g/mol. The second kappa shape index (κ2) is 8.05. The molecule has 1 aromatic carbocycles. The van der Waals surface area contributed by atoms with Crippen molar-refractivity contribution in [2.45, 2.75) is 57.4 Å². The molecule has 0 heterocycles. The number of hydrogen-bond acceptors (Lipinski definition) is 2. The Hall–Kier alpha value is -1.35. The van der Waals surface area contributed by atoms with Crippen LogP contribution >= 0.6 is 0 Å². The van der Waals surface area contributed by atoms with E-state index in [0.29, 0.717) is 12.6 Å². The molecule has 0 radical (unpaired) electrons. The zero-order valence-electron chi connectivity index (χ0n) is 12.2. The molecule has 2 rings (SSSR count). The van der Waals surface area contributed by atoms with Gasteiger partial charge in [0.1, 0.15) is 0 Å². The van der Waals surface area contributed by atoms with Crippen molar-refractivity contribution in [3.05, 3.63) is 35.4 Å². The Balaban J connectivity index is 1.99. The van der Waals surface area contributed by atoms with Gasteiger partial charge in [0.15, 0.2) is 0 Å². The molecule has 1 saturated carbocycles. The summed E-state index contributed by atoms with van der Waals surface area (Å²) in [5.41, 5.74) is 7.47. The molecule has 0 unspecified atom stereocenters. The van der Waals surface area contributed by atoms with Gasteiger partial charge >= 0.3 is 0 Å². The minimum atomic E-state index is 0.0691. The third kappa shape index (κ3) is 4.34. The van der Waals surface area contributed by atoms with E-state index >= 15 is 0 Å². The highest BCUT2D eigenvalue weighted by atomic mass is 16.1. The summed E-state index contributed by atoms with van der Waals surface area (Å²) in [5.74, 6) is 0.0691. The summed E-state index contributed by atoms with van der Waals surface area (Å²) in [7, 11) is 0. The summed E-state index contributed by atoms with van der Waals surface area (Å²) in [6, 6.07) is 8.14. The first-order valence-electron chi connectivity index (χ1n) is 7.90. The van der Waals surface area contributed by atoms with Gasteiger partial charge in [0.2, 0.25) is 0 Å². The molecule has 0 aliphatic heterocycles. The third-order valence-electron chi connectivity index (χ3n) is 4.12. The van der Waals surface area contributed by atoms with Crippen LogP contribution < -0.4 is 11.1 Å². The van der Waals surface area contributed by atoms with Crippen molar-refractivity contribution in [3.8, 4) is 0 Å². The van der Waals surface area contributed by atoms with E-state index in [1.54, 1.807) is 0 Å². The summed E-state index contributed by atoms with van der Waals surface area (Å²) in [4.78, 5) is 12.5. The summed E-state index contributed by atoms with van der Waals surface area (Å²) < 4.78 is 0. The van der Waals surface area contributed by atoms with Crippen LogP contribution in [0.25, 0.3) is 0 Å². The molecule has 3 heteroatoms. The molecule has 0 aromatic heterocycles. The van der Waals surface area contributed by atoms with Crippen molar-refractivity contribution in [1.29, 1.82) is 0 Å². The molecule has 1 amide bonds. The van der Waals surface area contributed by atoms with Crippen molar-refractivity contribution in [1.82, 2.24) is 5.32 Å². The number of nitrogens with two attached hydrogens (primary N) is 1. The first-order chi connectivity index (χ1) is 9.81. The highest BCUT2D eigenvalue weighted by molar-refractivity contribution is 5.95. The largest absolute Gasteiger partial charge is 0.349 e. The molecule has 0 saturated heterocycles. The SMILES string of the molecule is NCCc1ccccc1C(=O)NC1CCCCCCC1. The van der Waals surface area contributed by atoms with Crippen molar-refractivity contribution in [3.63, 3.8) is 0 Å². The zero-order chi connectivity index (χ0) is 14.2. The van der Waals surface area contributed by atoms with Crippen LogP contribution in [-0.2, 0) is 6.42 Å². The van der Waals surface area contributed by atoms with Gasteiger partial charge in [-0.3, -0.25) is 4.79 Å². The molecular weight excluding hydrogens is 248 g/mol. The lowest BCUT2D eigenvalue weighted by Gasteiger charge is -2.21. The van der Waals surface area contributed by atoms with Crippen LogP contribution in [0, 0.1) is 0 Å². The van der Waals surface area contributed by atoms with Crippen LogP contribution in [-0.4, -0.2) is 18.5 Å². The fraction of sp³-hybridized carbons (Fsp3) is 0.588. The number of amides is 1. The van der Waals surface area contributed by atoms with E-state index < -0.39 is 0 Å². The van der Waals surface area contributed by atoms with Gasteiger partial charge in [-0.05, 0) is 37.4 Å². The maximum Gasteiger partial charge on any atom is 0.251 e. The second-order valence-corrected chi connectivity index (χ2v) is 5.71. The first kappa shape index (κ1) is 15.0.